The van der Waals surface area contributed by atoms with Gasteiger partial charge in [-0.25, -0.2) is 0 Å². The number of aromatic nitrogens is 4. The van der Waals surface area contributed by atoms with Crippen molar-refractivity contribution in [3.05, 3.63) is 58.6 Å². The third-order valence-electron chi connectivity index (χ3n) is 3.91. The Bertz CT molecular complexity index is 941. The van der Waals surface area contributed by atoms with Crippen molar-refractivity contribution in [3.63, 3.8) is 0 Å². The average Bonchev–Trinajstić information content (AvgIpc) is 3.16. The highest BCUT2D eigenvalue weighted by Gasteiger charge is 2.13. The summed E-state index contributed by atoms with van der Waals surface area (Å²) < 4.78 is 12.0. The van der Waals surface area contributed by atoms with Gasteiger partial charge in [-0.1, -0.05) is 34.1 Å². The first-order chi connectivity index (χ1) is 13.6. The Kier molecular flexibility index (Phi) is 6.78. The Morgan fingerprint density at radius 1 is 1.18 bits per heavy atom. The number of hydrogen-bond donors (Lipinski definition) is 1. The molecule has 0 fully saturated rings. The van der Waals surface area contributed by atoms with E-state index in [1.807, 2.05) is 61.5 Å². The molecule has 8 heteroatoms. The normalized spacial score (nSPS) is 12.3. The van der Waals surface area contributed by atoms with E-state index in [0.29, 0.717) is 17.3 Å². The van der Waals surface area contributed by atoms with Gasteiger partial charge < -0.3 is 14.6 Å². The van der Waals surface area contributed by atoms with E-state index in [1.165, 1.54) is 4.80 Å². The standard InChI is InChI=1S/C20H21BrN4O3/c1-3-4-14-5-10-18(19(11-14)27-2)28-13-17(26)12-25-23-20(22-24-25)15-6-8-16(21)9-7-15/h3-11,17,26H,12-13H2,1-2H3. The van der Waals surface area contributed by atoms with Crippen molar-refractivity contribution >= 4 is 22.0 Å². The molecular weight excluding hydrogens is 424 g/mol. The number of aliphatic hydroxyl groups is 1. The third-order valence-corrected chi connectivity index (χ3v) is 4.44. The maximum absolute atomic E-state index is 10.3. The zero-order valence-corrected chi connectivity index (χ0v) is 17.2. The van der Waals surface area contributed by atoms with Crippen molar-refractivity contribution in [1.29, 1.82) is 0 Å². The average molecular weight is 445 g/mol. The Hall–Kier alpha value is -2.71. The Morgan fingerprint density at radius 3 is 2.68 bits per heavy atom. The number of halogens is 1. The topological polar surface area (TPSA) is 82.3 Å². The van der Waals surface area contributed by atoms with Gasteiger partial charge in [-0.3, -0.25) is 0 Å². The summed E-state index contributed by atoms with van der Waals surface area (Å²) in [6.45, 7) is 2.20. The summed E-state index contributed by atoms with van der Waals surface area (Å²) in [5.74, 6) is 1.68. The number of nitrogens with zero attached hydrogens (tertiary/aromatic N) is 4. The molecular formula is C20H21BrN4O3. The molecule has 1 heterocycles. The number of benzene rings is 2. The molecule has 0 aliphatic carbocycles. The summed E-state index contributed by atoms with van der Waals surface area (Å²) >= 11 is 3.39. The highest BCUT2D eigenvalue weighted by Crippen LogP contribution is 2.28. The number of allylic oxidation sites excluding steroid dienone is 1. The minimum Gasteiger partial charge on any atom is -0.493 e. The van der Waals surface area contributed by atoms with Gasteiger partial charge in [0.1, 0.15) is 12.7 Å². The first-order valence-electron chi connectivity index (χ1n) is 8.74. The van der Waals surface area contributed by atoms with Gasteiger partial charge in [0.15, 0.2) is 11.5 Å². The molecule has 2 aromatic carbocycles. The lowest BCUT2D eigenvalue weighted by Gasteiger charge is -2.14. The number of tetrazole rings is 1. The van der Waals surface area contributed by atoms with Crippen LogP contribution in [-0.2, 0) is 6.54 Å². The second kappa shape index (κ2) is 9.48. The number of ether oxygens (including phenoxy) is 2. The van der Waals surface area contributed by atoms with Crippen molar-refractivity contribution in [1.82, 2.24) is 20.2 Å². The molecule has 0 aliphatic heterocycles. The first kappa shape index (κ1) is 20.0. The summed E-state index contributed by atoms with van der Waals surface area (Å²) in [6.07, 6.45) is 3.12. The fraction of sp³-hybridized carbons (Fsp3) is 0.250. The highest BCUT2D eigenvalue weighted by molar-refractivity contribution is 9.10. The molecule has 1 N–H and O–H groups in total. The van der Waals surface area contributed by atoms with E-state index in [0.717, 1.165) is 15.6 Å². The van der Waals surface area contributed by atoms with E-state index in [4.69, 9.17) is 9.47 Å². The molecule has 1 aromatic heterocycles. The second-order valence-corrected chi connectivity index (χ2v) is 6.97. The minimum atomic E-state index is -0.799. The number of methoxy groups -OCH3 is 1. The summed E-state index contributed by atoms with van der Waals surface area (Å²) in [4.78, 5) is 1.36. The fourth-order valence-electron chi connectivity index (χ4n) is 2.56. The van der Waals surface area contributed by atoms with Crippen LogP contribution in [0.25, 0.3) is 17.5 Å². The maximum atomic E-state index is 10.3. The Morgan fingerprint density at radius 2 is 1.96 bits per heavy atom. The monoisotopic (exact) mass is 444 g/mol. The van der Waals surface area contributed by atoms with Crippen LogP contribution in [0, 0.1) is 0 Å². The number of rotatable bonds is 8. The van der Waals surface area contributed by atoms with Gasteiger partial charge in [0, 0.05) is 10.0 Å². The van der Waals surface area contributed by atoms with Crippen LogP contribution >= 0.6 is 15.9 Å². The molecule has 28 heavy (non-hydrogen) atoms. The van der Waals surface area contributed by atoms with Crippen molar-refractivity contribution < 1.29 is 14.6 Å². The van der Waals surface area contributed by atoms with Crippen LogP contribution in [0.15, 0.2) is 53.0 Å². The molecule has 146 valence electrons. The van der Waals surface area contributed by atoms with E-state index in [2.05, 4.69) is 31.3 Å². The van der Waals surface area contributed by atoms with E-state index in [9.17, 15) is 5.11 Å². The van der Waals surface area contributed by atoms with Gasteiger partial charge >= 0.3 is 0 Å². The number of hydrogen-bond acceptors (Lipinski definition) is 6. The van der Waals surface area contributed by atoms with Crippen molar-refractivity contribution in [2.45, 2.75) is 19.6 Å². The molecule has 0 aliphatic rings. The molecule has 0 saturated heterocycles. The highest BCUT2D eigenvalue weighted by atomic mass is 79.9. The predicted molar refractivity (Wildman–Crippen MR) is 110 cm³/mol. The Labute approximate surface area is 171 Å². The largest absolute Gasteiger partial charge is 0.493 e. The van der Waals surface area contributed by atoms with Crippen LogP contribution < -0.4 is 9.47 Å². The summed E-state index contributed by atoms with van der Waals surface area (Å²) in [6, 6.07) is 13.2. The summed E-state index contributed by atoms with van der Waals surface area (Å²) in [5, 5.41) is 22.6. The van der Waals surface area contributed by atoms with E-state index in [1.54, 1.807) is 7.11 Å². The zero-order valence-electron chi connectivity index (χ0n) is 15.6. The molecule has 3 rings (SSSR count). The fourth-order valence-corrected chi connectivity index (χ4v) is 2.83. The van der Waals surface area contributed by atoms with Crippen molar-refractivity contribution in [3.8, 4) is 22.9 Å². The molecule has 0 spiro atoms. The predicted octanol–water partition coefficient (Wildman–Crippen LogP) is 3.58. The van der Waals surface area contributed by atoms with Gasteiger partial charge in [-0.05, 0) is 54.1 Å². The van der Waals surface area contributed by atoms with Gasteiger partial charge in [0.2, 0.25) is 5.82 Å². The second-order valence-electron chi connectivity index (χ2n) is 6.05. The van der Waals surface area contributed by atoms with Crippen LogP contribution in [0.1, 0.15) is 12.5 Å². The lowest BCUT2D eigenvalue weighted by atomic mass is 10.2. The summed E-state index contributed by atoms with van der Waals surface area (Å²) in [5.41, 5.74) is 1.87. The van der Waals surface area contributed by atoms with Crippen LogP contribution in [0.3, 0.4) is 0 Å². The third kappa shape index (κ3) is 5.17. The lowest BCUT2D eigenvalue weighted by Crippen LogP contribution is -2.25. The quantitative estimate of drug-likeness (QED) is 0.571. The molecule has 3 aromatic rings. The Balaban J connectivity index is 1.59. The molecule has 7 nitrogen and oxygen atoms in total. The van der Waals surface area contributed by atoms with Gasteiger partial charge in [-0.15, -0.1) is 10.2 Å². The van der Waals surface area contributed by atoms with Crippen LogP contribution in [-0.4, -0.2) is 45.1 Å². The van der Waals surface area contributed by atoms with Crippen LogP contribution in [0.4, 0.5) is 0 Å². The van der Waals surface area contributed by atoms with Crippen LogP contribution in [0.2, 0.25) is 0 Å². The molecule has 0 radical (unpaired) electrons. The van der Waals surface area contributed by atoms with Gasteiger partial charge in [0.25, 0.3) is 0 Å². The smallest absolute Gasteiger partial charge is 0.204 e. The molecule has 0 bridgehead atoms. The van der Waals surface area contributed by atoms with Gasteiger partial charge in [-0.2, -0.15) is 4.80 Å². The zero-order chi connectivity index (χ0) is 19.9. The minimum absolute atomic E-state index is 0.0779. The van der Waals surface area contributed by atoms with E-state index >= 15 is 0 Å². The lowest BCUT2D eigenvalue weighted by molar-refractivity contribution is 0.0836. The first-order valence-corrected chi connectivity index (χ1v) is 9.53. The van der Waals surface area contributed by atoms with Gasteiger partial charge in [0.05, 0.1) is 13.7 Å². The van der Waals surface area contributed by atoms with Crippen molar-refractivity contribution in [2.75, 3.05) is 13.7 Å². The van der Waals surface area contributed by atoms with Crippen LogP contribution in [0.5, 0.6) is 11.5 Å². The van der Waals surface area contributed by atoms with Crippen molar-refractivity contribution in [2.24, 2.45) is 0 Å². The molecule has 1 unspecified atom stereocenters. The SMILES string of the molecule is CC=Cc1ccc(OCC(O)Cn2nnc(-c3ccc(Br)cc3)n2)c(OC)c1. The molecule has 0 amide bonds. The number of aliphatic hydroxyl groups excluding tert-OH is 1. The van der Waals surface area contributed by atoms with E-state index in [-0.39, 0.29) is 13.2 Å². The maximum Gasteiger partial charge on any atom is 0.204 e. The van der Waals surface area contributed by atoms with E-state index < -0.39 is 6.10 Å². The molecule has 1 atom stereocenters. The summed E-state index contributed by atoms with van der Waals surface area (Å²) in [7, 11) is 1.58. The molecule has 0 saturated carbocycles.